The number of methoxy groups -OCH3 is 1. The molecule has 2 amide bonds. The predicted molar refractivity (Wildman–Crippen MR) is 163 cm³/mol. The molecule has 1 fully saturated rings. The minimum absolute atomic E-state index is 0.138. The van der Waals surface area contributed by atoms with Crippen molar-refractivity contribution < 1.29 is 24.1 Å². The molecule has 2 heterocycles. The number of benzene rings is 2. The lowest BCUT2D eigenvalue weighted by Crippen LogP contribution is -2.36. The van der Waals surface area contributed by atoms with E-state index in [1.807, 2.05) is 12.1 Å². The third-order valence-corrected chi connectivity index (χ3v) is 7.31. The number of aromatic nitrogens is 1. The summed E-state index contributed by atoms with van der Waals surface area (Å²) in [5.74, 6) is 2.32. The fourth-order valence-electron chi connectivity index (χ4n) is 4.61. The van der Waals surface area contributed by atoms with Crippen LogP contribution in [0.2, 0.25) is 5.02 Å². The lowest BCUT2D eigenvalue weighted by Gasteiger charge is -2.29. The zero-order chi connectivity index (χ0) is 29.4. The average molecular weight is 585 g/mol. The van der Waals surface area contributed by atoms with Gasteiger partial charge in [-0.05, 0) is 55.4 Å². The zero-order valence-electron chi connectivity index (χ0n) is 24.3. The van der Waals surface area contributed by atoms with Gasteiger partial charge in [-0.2, -0.15) is 0 Å². The Labute approximate surface area is 247 Å². The third kappa shape index (κ3) is 9.11. The van der Waals surface area contributed by atoms with Crippen molar-refractivity contribution in [1.29, 1.82) is 0 Å². The maximum Gasteiger partial charge on any atom is 0.319 e. The van der Waals surface area contributed by atoms with Gasteiger partial charge in [0.05, 0.1) is 36.0 Å². The molecule has 0 atom stereocenters. The summed E-state index contributed by atoms with van der Waals surface area (Å²) >= 11 is 6.46. The van der Waals surface area contributed by atoms with Crippen molar-refractivity contribution in [2.45, 2.75) is 52.6 Å². The Kier molecular flexibility index (Phi) is 10.5. The average Bonchev–Trinajstić information content (AvgIpc) is 2.92. The van der Waals surface area contributed by atoms with E-state index in [-0.39, 0.29) is 17.6 Å². The van der Waals surface area contributed by atoms with E-state index >= 15 is 0 Å². The molecule has 1 aliphatic rings. The molecule has 0 aliphatic carbocycles. The fourth-order valence-corrected chi connectivity index (χ4v) is 4.83. The summed E-state index contributed by atoms with van der Waals surface area (Å²) in [6, 6.07) is 10.3. The number of hydrogen-bond donors (Lipinski definition) is 3. The molecule has 1 aromatic heterocycles. The number of piperidine rings is 1. The smallest absolute Gasteiger partial charge is 0.319 e. The Bertz CT molecular complexity index is 1320. The number of rotatable bonds is 11. The number of hydrogen-bond acceptors (Lipinski definition) is 7. The number of carbonyl (C=O) groups is 1. The molecular formula is C31H41ClN4O5. The first kappa shape index (κ1) is 30.7. The predicted octanol–water partition coefficient (Wildman–Crippen LogP) is 6.47. The molecule has 10 heteroatoms. The molecule has 3 aromatic rings. The van der Waals surface area contributed by atoms with Crippen molar-refractivity contribution in [3.8, 4) is 23.0 Å². The SMILES string of the molecule is COc1cc2c(Oc3ccc(NC(=O)NCCC(C)(C)C)c(Cl)c3)ccnc2cc1OCCCN1CCC(O)CC1. The van der Waals surface area contributed by atoms with Gasteiger partial charge in [0.1, 0.15) is 11.5 Å². The zero-order valence-corrected chi connectivity index (χ0v) is 25.1. The van der Waals surface area contributed by atoms with E-state index in [1.165, 1.54) is 0 Å². The number of carbonyl (C=O) groups excluding carboxylic acids is 1. The molecule has 1 saturated heterocycles. The van der Waals surface area contributed by atoms with Gasteiger partial charge in [0.25, 0.3) is 0 Å². The van der Waals surface area contributed by atoms with Crippen LogP contribution < -0.4 is 24.8 Å². The summed E-state index contributed by atoms with van der Waals surface area (Å²) in [5, 5.41) is 16.5. The van der Waals surface area contributed by atoms with Crippen LogP contribution in [0.4, 0.5) is 10.5 Å². The molecule has 41 heavy (non-hydrogen) atoms. The molecule has 4 rings (SSSR count). The Morgan fingerprint density at radius 1 is 1.12 bits per heavy atom. The number of likely N-dealkylation sites (tertiary alicyclic amines) is 1. The highest BCUT2D eigenvalue weighted by Gasteiger charge is 2.17. The van der Waals surface area contributed by atoms with Crippen molar-refractivity contribution >= 4 is 34.2 Å². The second-order valence-corrected chi connectivity index (χ2v) is 11.9. The fraction of sp³-hybridized carbons (Fsp3) is 0.484. The monoisotopic (exact) mass is 584 g/mol. The number of anilines is 1. The number of amides is 2. The van der Waals surface area contributed by atoms with Gasteiger partial charge in [-0.15, -0.1) is 0 Å². The number of ether oxygens (including phenoxy) is 3. The lowest BCUT2D eigenvalue weighted by molar-refractivity contribution is 0.0799. The van der Waals surface area contributed by atoms with Gasteiger partial charge in [-0.3, -0.25) is 4.98 Å². The van der Waals surface area contributed by atoms with E-state index in [2.05, 4.69) is 41.3 Å². The molecule has 0 radical (unpaired) electrons. The Morgan fingerprint density at radius 2 is 1.90 bits per heavy atom. The lowest BCUT2D eigenvalue weighted by atomic mass is 9.92. The van der Waals surface area contributed by atoms with Crippen LogP contribution in [-0.4, -0.2) is 67.0 Å². The third-order valence-electron chi connectivity index (χ3n) is 7.00. The van der Waals surface area contributed by atoms with Gasteiger partial charge in [-0.1, -0.05) is 32.4 Å². The van der Waals surface area contributed by atoms with Crippen LogP contribution in [0.3, 0.4) is 0 Å². The number of nitrogens with one attached hydrogen (secondary N) is 2. The number of halogens is 1. The van der Waals surface area contributed by atoms with E-state index in [1.54, 1.807) is 37.6 Å². The number of nitrogens with zero attached hydrogens (tertiary/aromatic N) is 2. The van der Waals surface area contributed by atoms with Gasteiger partial charge in [0.2, 0.25) is 0 Å². The highest BCUT2D eigenvalue weighted by Crippen LogP contribution is 2.38. The highest BCUT2D eigenvalue weighted by molar-refractivity contribution is 6.33. The molecule has 0 unspecified atom stereocenters. The molecule has 2 aromatic carbocycles. The first-order valence-electron chi connectivity index (χ1n) is 14.1. The summed E-state index contributed by atoms with van der Waals surface area (Å²) < 4.78 is 17.9. The number of aliphatic hydroxyl groups is 1. The first-order chi connectivity index (χ1) is 19.6. The van der Waals surface area contributed by atoms with Crippen LogP contribution in [0.5, 0.6) is 23.0 Å². The second-order valence-electron chi connectivity index (χ2n) is 11.5. The molecule has 222 valence electrons. The van der Waals surface area contributed by atoms with E-state index in [4.69, 9.17) is 25.8 Å². The normalized spacial score (nSPS) is 14.6. The van der Waals surface area contributed by atoms with Crippen molar-refractivity contribution in [3.63, 3.8) is 0 Å². The van der Waals surface area contributed by atoms with Gasteiger partial charge in [0.15, 0.2) is 11.5 Å². The van der Waals surface area contributed by atoms with E-state index in [9.17, 15) is 9.90 Å². The Balaban J connectivity index is 1.38. The molecule has 0 bridgehead atoms. The Hall–Kier alpha value is -3.27. The Morgan fingerprint density at radius 3 is 2.61 bits per heavy atom. The maximum atomic E-state index is 12.3. The van der Waals surface area contributed by atoms with E-state index in [0.717, 1.165) is 50.7 Å². The van der Waals surface area contributed by atoms with Crippen LogP contribution in [0.25, 0.3) is 10.9 Å². The quantitative estimate of drug-likeness (QED) is 0.222. The molecule has 3 N–H and O–H groups in total. The number of pyridine rings is 1. The maximum absolute atomic E-state index is 12.3. The van der Waals surface area contributed by atoms with Gasteiger partial charge < -0.3 is 34.9 Å². The van der Waals surface area contributed by atoms with Gasteiger partial charge >= 0.3 is 6.03 Å². The van der Waals surface area contributed by atoms with Crippen molar-refractivity contribution in [2.24, 2.45) is 5.41 Å². The molecule has 9 nitrogen and oxygen atoms in total. The highest BCUT2D eigenvalue weighted by atomic mass is 35.5. The molecule has 0 saturated carbocycles. The van der Waals surface area contributed by atoms with Crippen molar-refractivity contribution in [3.05, 3.63) is 47.6 Å². The van der Waals surface area contributed by atoms with E-state index in [0.29, 0.717) is 52.4 Å². The number of fused-ring (bicyclic) bond motifs is 1. The first-order valence-corrected chi connectivity index (χ1v) is 14.5. The molecule has 0 spiro atoms. The number of aliphatic hydroxyl groups excluding tert-OH is 1. The summed E-state index contributed by atoms with van der Waals surface area (Å²) in [6.45, 7) is 10.3. The summed E-state index contributed by atoms with van der Waals surface area (Å²) in [7, 11) is 1.61. The van der Waals surface area contributed by atoms with Crippen molar-refractivity contribution in [1.82, 2.24) is 15.2 Å². The van der Waals surface area contributed by atoms with Gasteiger partial charge in [-0.25, -0.2) is 4.79 Å². The van der Waals surface area contributed by atoms with Crippen LogP contribution in [0.15, 0.2) is 42.6 Å². The van der Waals surface area contributed by atoms with Crippen LogP contribution in [-0.2, 0) is 0 Å². The second kappa shape index (κ2) is 14.1. The largest absolute Gasteiger partial charge is 0.493 e. The summed E-state index contributed by atoms with van der Waals surface area (Å²) in [4.78, 5) is 19.1. The molecular weight excluding hydrogens is 544 g/mol. The van der Waals surface area contributed by atoms with Gasteiger partial charge in [0, 0.05) is 49.9 Å². The summed E-state index contributed by atoms with van der Waals surface area (Å²) in [5.41, 5.74) is 1.34. The topological polar surface area (TPSA) is 105 Å². The van der Waals surface area contributed by atoms with Crippen LogP contribution in [0, 0.1) is 5.41 Å². The van der Waals surface area contributed by atoms with Crippen LogP contribution in [0.1, 0.15) is 46.5 Å². The molecule has 1 aliphatic heterocycles. The standard InChI is InChI=1S/C31H41ClN4O5/c1-31(2,3)11-13-34-30(38)35-25-7-6-22(18-24(25)32)41-27-8-12-33-26-20-29(28(39-4)19-23(26)27)40-17-5-14-36-15-9-21(37)10-16-36/h6-8,12,18-21,37H,5,9-11,13-17H2,1-4H3,(H2,34,35,38). The van der Waals surface area contributed by atoms with E-state index < -0.39 is 0 Å². The van der Waals surface area contributed by atoms with Crippen molar-refractivity contribution in [2.75, 3.05) is 45.2 Å². The minimum atomic E-state index is -0.304. The summed E-state index contributed by atoms with van der Waals surface area (Å²) in [6.07, 6.45) is 4.91. The minimum Gasteiger partial charge on any atom is -0.493 e. The number of urea groups is 1. The van der Waals surface area contributed by atoms with Crippen LogP contribution >= 0.6 is 11.6 Å².